The second-order valence-corrected chi connectivity index (χ2v) is 20.0. The first-order chi connectivity index (χ1) is 27.9. The number of aryl methyl sites for hydroxylation is 1. The molecule has 0 spiro atoms. The molecule has 4 aliphatic rings. The fraction of sp³-hybridized carbons (Fsp3) is 0.561. The molecule has 16 nitrogen and oxygen atoms in total. The van der Waals surface area contributed by atoms with Crippen LogP contribution >= 0.6 is 11.3 Å². The average Bonchev–Trinajstić information content (AvgIpc) is 4.03. The largest absolute Gasteiger partial charge is 0.472 e. The number of hydrogen-bond acceptors (Lipinski definition) is 13. The Morgan fingerprint density at radius 1 is 1.12 bits per heavy atom. The number of amides is 4. The van der Waals surface area contributed by atoms with Crippen molar-refractivity contribution in [3.63, 3.8) is 0 Å². The number of carbonyl (C=O) groups excluding carboxylic acids is 4. The molecule has 1 aromatic carbocycles. The van der Waals surface area contributed by atoms with E-state index in [1.165, 1.54) is 16.2 Å². The van der Waals surface area contributed by atoms with Crippen molar-refractivity contribution in [3.05, 3.63) is 47.4 Å². The number of sulfonamides is 1. The van der Waals surface area contributed by atoms with Crippen molar-refractivity contribution >= 4 is 61.1 Å². The SMILES string of the molecule is Cc1ccc2c(OC3C[C@H]4C(=O)N[C@]5(C(=O)NS(=O)(=O)C6CC6)CC5/C=C\CCCOC[C@H](NC(=O)OC(C)(C)C)C(=O)N4C3)nc(-c3csc(NC(C)C)n3)cc2c1. The van der Waals surface area contributed by atoms with Gasteiger partial charge in [-0.25, -0.2) is 23.2 Å². The topological polar surface area (TPSA) is 207 Å². The molecule has 0 bridgehead atoms. The number of nitrogens with one attached hydrogen (secondary N) is 4. The Morgan fingerprint density at radius 2 is 1.90 bits per heavy atom. The van der Waals surface area contributed by atoms with Crippen molar-refractivity contribution in [1.29, 1.82) is 0 Å². The van der Waals surface area contributed by atoms with E-state index in [9.17, 15) is 27.6 Å². The lowest BCUT2D eigenvalue weighted by atomic mass is 10.1. The first kappa shape index (κ1) is 42.3. The normalized spacial score (nSPS) is 25.8. The summed E-state index contributed by atoms with van der Waals surface area (Å²) in [5, 5.41) is 12.4. The third-order valence-electron chi connectivity index (χ3n) is 10.5. The molecule has 3 fully saturated rings. The van der Waals surface area contributed by atoms with E-state index in [4.69, 9.17) is 24.2 Å². The van der Waals surface area contributed by atoms with E-state index in [2.05, 4.69) is 20.7 Å². The molecule has 0 radical (unpaired) electrons. The van der Waals surface area contributed by atoms with E-state index in [-0.39, 0.29) is 44.5 Å². The Hall–Kier alpha value is -4.81. The zero-order valence-electron chi connectivity index (χ0n) is 34.2. The summed E-state index contributed by atoms with van der Waals surface area (Å²) < 4.78 is 46.1. The molecule has 5 atom stereocenters. The van der Waals surface area contributed by atoms with Crippen molar-refractivity contribution in [3.8, 4) is 17.3 Å². The Kier molecular flexibility index (Phi) is 12.0. The molecule has 2 aromatic heterocycles. The summed E-state index contributed by atoms with van der Waals surface area (Å²) in [5.41, 5.74) is -0.151. The minimum absolute atomic E-state index is 0.00537. The van der Waals surface area contributed by atoms with Crippen LogP contribution in [0.2, 0.25) is 0 Å². The van der Waals surface area contributed by atoms with Crippen molar-refractivity contribution < 1.29 is 41.8 Å². The molecule has 3 aromatic rings. The number of hydrogen-bond donors (Lipinski definition) is 4. The van der Waals surface area contributed by atoms with Crippen molar-refractivity contribution in [2.45, 2.75) is 121 Å². The summed E-state index contributed by atoms with van der Waals surface area (Å²) in [7, 11) is -3.92. The van der Waals surface area contributed by atoms with Crippen LogP contribution in [0.15, 0.2) is 41.8 Å². The van der Waals surface area contributed by atoms with Crippen LogP contribution < -0.4 is 25.4 Å². The summed E-state index contributed by atoms with van der Waals surface area (Å²) >= 11 is 1.46. The molecule has 2 aliphatic heterocycles. The van der Waals surface area contributed by atoms with Gasteiger partial charge in [0.15, 0.2) is 5.13 Å². The van der Waals surface area contributed by atoms with Crippen LogP contribution in [0.5, 0.6) is 5.88 Å². The number of pyridine rings is 1. The van der Waals surface area contributed by atoms with Crippen LogP contribution in [-0.4, -0.2) is 107 Å². The molecule has 1 saturated heterocycles. The van der Waals surface area contributed by atoms with Gasteiger partial charge >= 0.3 is 6.09 Å². The summed E-state index contributed by atoms with van der Waals surface area (Å²) in [5.74, 6) is -2.29. The number of ether oxygens (including phenoxy) is 3. The Balaban J connectivity index is 1.22. The van der Waals surface area contributed by atoms with Gasteiger partial charge < -0.3 is 35.1 Å². The molecular weight excluding hydrogens is 799 g/mol. The van der Waals surface area contributed by atoms with Gasteiger partial charge in [-0.2, -0.15) is 0 Å². The maximum absolute atomic E-state index is 14.6. The number of anilines is 1. The second kappa shape index (κ2) is 16.7. The average molecular weight is 852 g/mol. The van der Waals surface area contributed by atoms with Crippen LogP contribution in [0.4, 0.5) is 9.93 Å². The van der Waals surface area contributed by atoms with E-state index in [1.807, 2.05) is 62.6 Å². The van der Waals surface area contributed by atoms with Crippen LogP contribution in [0.1, 0.15) is 78.7 Å². The lowest BCUT2D eigenvalue weighted by Gasteiger charge is -2.30. The lowest BCUT2D eigenvalue weighted by Crippen LogP contribution is -2.59. The first-order valence-electron chi connectivity index (χ1n) is 20.1. The molecule has 18 heteroatoms. The molecule has 2 saturated carbocycles. The number of carbonyl (C=O) groups is 4. The fourth-order valence-corrected chi connectivity index (χ4v) is 9.58. The highest BCUT2D eigenvalue weighted by molar-refractivity contribution is 7.91. The Labute approximate surface area is 348 Å². The fourth-order valence-electron chi connectivity index (χ4n) is 7.36. The standard InChI is InChI=1S/C41H53N7O9S2/c1-23(2)42-38-44-32(22-58-38)30-17-25-16-24(3)11-14-29(25)35(43-30)56-27-18-33-34(49)46-41(37(51)47-59(53,54)28-12-13-28)19-26(41)10-8-7-9-15-55-21-31(36(50)48(33)20-27)45-39(52)57-40(4,5)6/h8,10-11,14,16-17,22-23,26-28,31,33H,7,9,12-13,15,18-21H2,1-6H3,(H,42,44)(H,45,52)(H,46,49)(H,47,51)/b10-8-/t26?,27?,31-,33-,41+/m0/s1. The van der Waals surface area contributed by atoms with E-state index in [0.717, 1.165) is 16.1 Å². The van der Waals surface area contributed by atoms with Crippen molar-refractivity contribution in [1.82, 2.24) is 30.2 Å². The highest BCUT2D eigenvalue weighted by Gasteiger charge is 2.62. The van der Waals surface area contributed by atoms with Gasteiger partial charge in [-0.3, -0.25) is 19.1 Å². The number of rotatable bonds is 9. The van der Waals surface area contributed by atoms with Crippen molar-refractivity contribution in [2.75, 3.05) is 25.1 Å². The quantitative estimate of drug-likeness (QED) is 0.219. The maximum atomic E-state index is 14.6. The molecule has 59 heavy (non-hydrogen) atoms. The molecule has 4 heterocycles. The molecule has 4 amide bonds. The van der Waals surface area contributed by atoms with E-state index in [1.54, 1.807) is 20.8 Å². The lowest BCUT2D eigenvalue weighted by molar-refractivity contribution is -0.142. The molecule has 7 rings (SSSR count). The molecule has 2 aliphatic carbocycles. The summed E-state index contributed by atoms with van der Waals surface area (Å²) in [6.45, 7) is 11.1. The van der Waals surface area contributed by atoms with Gasteiger partial charge in [0.2, 0.25) is 27.7 Å². The number of aromatic nitrogens is 2. The summed E-state index contributed by atoms with van der Waals surface area (Å²) in [4.78, 5) is 67.0. The third-order valence-corrected chi connectivity index (χ3v) is 13.1. The number of allylic oxidation sites excluding steroid dienone is 1. The van der Waals surface area contributed by atoms with E-state index >= 15 is 0 Å². The van der Waals surface area contributed by atoms with Crippen molar-refractivity contribution in [2.24, 2.45) is 5.92 Å². The minimum Gasteiger partial charge on any atom is -0.472 e. The van der Waals surface area contributed by atoms with E-state index in [0.29, 0.717) is 42.5 Å². The Bertz CT molecular complexity index is 2250. The monoisotopic (exact) mass is 851 g/mol. The van der Waals surface area contributed by atoms with Gasteiger partial charge in [0.25, 0.3) is 5.91 Å². The zero-order chi connectivity index (χ0) is 42.3. The predicted molar refractivity (Wildman–Crippen MR) is 222 cm³/mol. The van der Waals surface area contributed by atoms with Gasteiger partial charge in [-0.05, 0) is 91.2 Å². The number of nitrogens with zero attached hydrogens (tertiary/aromatic N) is 3. The molecule has 4 N–H and O–H groups in total. The van der Waals surface area contributed by atoms with Gasteiger partial charge in [0, 0.05) is 35.8 Å². The zero-order valence-corrected chi connectivity index (χ0v) is 35.8. The second-order valence-electron chi connectivity index (χ2n) is 17.1. The smallest absolute Gasteiger partial charge is 0.408 e. The molecule has 318 valence electrons. The van der Waals surface area contributed by atoms with E-state index < -0.39 is 74.3 Å². The van der Waals surface area contributed by atoms with Crippen LogP contribution in [0.3, 0.4) is 0 Å². The molecular formula is C41H53N7O9S2. The van der Waals surface area contributed by atoms with Gasteiger partial charge in [0.05, 0.1) is 24.1 Å². The van der Waals surface area contributed by atoms with Crippen LogP contribution in [0, 0.1) is 12.8 Å². The van der Waals surface area contributed by atoms with Crippen LogP contribution in [0.25, 0.3) is 22.2 Å². The number of benzene rings is 1. The van der Waals surface area contributed by atoms with Gasteiger partial charge in [-0.1, -0.05) is 29.8 Å². The predicted octanol–water partition coefficient (Wildman–Crippen LogP) is 4.58. The first-order valence-corrected chi connectivity index (χ1v) is 22.6. The maximum Gasteiger partial charge on any atom is 0.408 e. The number of alkyl carbamates (subject to hydrolysis) is 1. The van der Waals surface area contributed by atoms with Crippen LogP contribution in [-0.2, 0) is 33.9 Å². The van der Waals surface area contributed by atoms with Gasteiger partial charge in [0.1, 0.15) is 35.0 Å². The highest BCUT2D eigenvalue weighted by Crippen LogP contribution is 2.46. The third kappa shape index (κ3) is 9.98. The number of thiazole rings is 1. The van der Waals surface area contributed by atoms with Gasteiger partial charge in [-0.15, -0.1) is 11.3 Å². The summed E-state index contributed by atoms with van der Waals surface area (Å²) in [6, 6.07) is 5.58. The Morgan fingerprint density at radius 3 is 2.63 bits per heavy atom. The minimum atomic E-state index is -3.92. The highest BCUT2D eigenvalue weighted by atomic mass is 32.2. The summed E-state index contributed by atoms with van der Waals surface area (Å²) in [6.07, 6.45) is 4.30. The molecule has 2 unspecified atom stereocenters. The number of fused-ring (bicyclic) bond motifs is 3.